The quantitative estimate of drug-likeness (QED) is 0.763. The molecule has 1 unspecified atom stereocenters. The number of ether oxygens (including phenoxy) is 1. The molecule has 0 saturated carbocycles. The van der Waals surface area contributed by atoms with Gasteiger partial charge >= 0.3 is 5.97 Å². The van der Waals surface area contributed by atoms with Gasteiger partial charge in [-0.25, -0.2) is 0 Å². The van der Waals surface area contributed by atoms with E-state index in [0.29, 0.717) is 17.0 Å². The van der Waals surface area contributed by atoms with Crippen molar-refractivity contribution in [1.82, 2.24) is 0 Å². The first-order valence-electron chi connectivity index (χ1n) is 5.91. The number of carbonyl (C=O) groups is 2. The van der Waals surface area contributed by atoms with Gasteiger partial charge in [0.15, 0.2) is 5.60 Å². The topological polar surface area (TPSA) is 102 Å². The number of nitrogens with one attached hydrogen (secondary N) is 1. The standard InChI is InChI=1S/C13H16N2O4/c1-13(2)12(18)15-9-5-7(3-4-10(9)19-13)8(14)6-11(16)17/h3-5,8H,6,14H2,1-2H3,(H,15,18)(H,16,17). The van der Waals surface area contributed by atoms with Crippen LogP contribution < -0.4 is 15.8 Å². The number of anilines is 1. The van der Waals surface area contributed by atoms with Crippen LogP contribution in [0.5, 0.6) is 5.75 Å². The first-order valence-corrected chi connectivity index (χ1v) is 5.91. The Hall–Kier alpha value is -2.08. The molecule has 1 atom stereocenters. The number of amides is 1. The van der Waals surface area contributed by atoms with Crippen molar-refractivity contribution in [3.63, 3.8) is 0 Å². The molecule has 6 nitrogen and oxygen atoms in total. The molecule has 0 fully saturated rings. The number of carbonyl (C=O) groups excluding carboxylic acids is 1. The van der Waals surface area contributed by atoms with Gasteiger partial charge in [0.1, 0.15) is 5.75 Å². The summed E-state index contributed by atoms with van der Waals surface area (Å²) in [7, 11) is 0. The Labute approximate surface area is 110 Å². The van der Waals surface area contributed by atoms with E-state index >= 15 is 0 Å². The molecule has 1 aliphatic heterocycles. The van der Waals surface area contributed by atoms with Gasteiger partial charge in [0, 0.05) is 6.04 Å². The van der Waals surface area contributed by atoms with E-state index in [1.807, 2.05) is 0 Å². The molecule has 1 heterocycles. The molecule has 102 valence electrons. The van der Waals surface area contributed by atoms with Crippen molar-refractivity contribution in [2.24, 2.45) is 5.73 Å². The lowest BCUT2D eigenvalue weighted by molar-refractivity contribution is -0.137. The van der Waals surface area contributed by atoms with Crippen molar-refractivity contribution in [1.29, 1.82) is 0 Å². The SMILES string of the molecule is CC1(C)Oc2ccc(C(N)CC(=O)O)cc2NC1=O. The van der Waals surface area contributed by atoms with Crippen LogP contribution in [0.2, 0.25) is 0 Å². The van der Waals surface area contributed by atoms with Gasteiger partial charge in [-0.05, 0) is 31.5 Å². The van der Waals surface area contributed by atoms with Crippen LogP contribution in [0.3, 0.4) is 0 Å². The number of rotatable bonds is 3. The zero-order valence-electron chi connectivity index (χ0n) is 10.8. The van der Waals surface area contributed by atoms with Gasteiger partial charge < -0.3 is 20.9 Å². The van der Waals surface area contributed by atoms with Crippen LogP contribution >= 0.6 is 0 Å². The molecule has 0 saturated heterocycles. The van der Waals surface area contributed by atoms with E-state index in [0.717, 1.165) is 0 Å². The highest BCUT2D eigenvalue weighted by atomic mass is 16.5. The Morgan fingerprint density at radius 2 is 2.21 bits per heavy atom. The Balaban J connectivity index is 2.28. The Kier molecular flexibility index (Phi) is 3.20. The van der Waals surface area contributed by atoms with Crippen LogP contribution in [0.15, 0.2) is 18.2 Å². The summed E-state index contributed by atoms with van der Waals surface area (Å²) in [4.78, 5) is 22.4. The summed E-state index contributed by atoms with van der Waals surface area (Å²) in [5.74, 6) is -0.661. The minimum atomic E-state index is -0.966. The molecule has 19 heavy (non-hydrogen) atoms. The van der Waals surface area contributed by atoms with Gasteiger partial charge in [-0.1, -0.05) is 6.07 Å². The third kappa shape index (κ3) is 2.68. The highest BCUT2D eigenvalue weighted by Gasteiger charge is 2.35. The molecule has 1 aromatic carbocycles. The van der Waals surface area contributed by atoms with Gasteiger partial charge in [0.05, 0.1) is 12.1 Å². The number of hydrogen-bond acceptors (Lipinski definition) is 4. The summed E-state index contributed by atoms with van der Waals surface area (Å²) in [5.41, 5.74) is 6.02. The van der Waals surface area contributed by atoms with E-state index in [2.05, 4.69) is 5.32 Å². The van der Waals surface area contributed by atoms with Crippen molar-refractivity contribution in [2.45, 2.75) is 31.9 Å². The fourth-order valence-corrected chi connectivity index (χ4v) is 1.86. The van der Waals surface area contributed by atoms with Gasteiger partial charge in [-0.2, -0.15) is 0 Å². The van der Waals surface area contributed by atoms with E-state index < -0.39 is 17.6 Å². The lowest BCUT2D eigenvalue weighted by Gasteiger charge is -2.32. The van der Waals surface area contributed by atoms with Crippen molar-refractivity contribution in [2.75, 3.05) is 5.32 Å². The monoisotopic (exact) mass is 264 g/mol. The molecule has 0 radical (unpaired) electrons. The number of aliphatic carboxylic acids is 1. The average molecular weight is 264 g/mol. The van der Waals surface area contributed by atoms with Gasteiger partial charge in [0.25, 0.3) is 5.91 Å². The smallest absolute Gasteiger partial charge is 0.305 e. The minimum absolute atomic E-state index is 0.168. The third-order valence-electron chi connectivity index (χ3n) is 2.99. The molecule has 0 bridgehead atoms. The predicted molar refractivity (Wildman–Crippen MR) is 69.0 cm³/mol. The first-order chi connectivity index (χ1) is 8.79. The first kappa shape index (κ1) is 13.4. The largest absolute Gasteiger partial charge is 0.481 e. The maximum absolute atomic E-state index is 11.8. The highest BCUT2D eigenvalue weighted by molar-refractivity contribution is 6.00. The van der Waals surface area contributed by atoms with Crippen molar-refractivity contribution in [3.8, 4) is 5.75 Å². The number of carboxylic acids is 1. The zero-order valence-corrected chi connectivity index (χ0v) is 10.8. The number of nitrogens with two attached hydrogens (primary N) is 1. The molecule has 1 aliphatic rings. The predicted octanol–water partition coefficient (Wildman–Crippen LogP) is 1.27. The van der Waals surface area contributed by atoms with Gasteiger partial charge in [-0.15, -0.1) is 0 Å². The number of fused-ring (bicyclic) bond motifs is 1. The molecular formula is C13H16N2O4. The molecular weight excluding hydrogens is 248 g/mol. The zero-order chi connectivity index (χ0) is 14.2. The van der Waals surface area contributed by atoms with Gasteiger partial charge in [-0.3, -0.25) is 9.59 Å². The normalized spacial score (nSPS) is 17.9. The number of carboxylic acid groups (broad SMARTS) is 1. The Bertz CT molecular complexity index is 539. The molecule has 0 spiro atoms. The molecule has 1 aromatic rings. The maximum atomic E-state index is 11.8. The molecule has 0 aromatic heterocycles. The van der Waals surface area contributed by atoms with E-state index in [4.69, 9.17) is 15.6 Å². The Morgan fingerprint density at radius 3 is 2.84 bits per heavy atom. The van der Waals surface area contributed by atoms with Crippen LogP contribution in [0.1, 0.15) is 31.9 Å². The lowest BCUT2D eigenvalue weighted by Crippen LogP contribution is -2.45. The average Bonchev–Trinajstić information content (AvgIpc) is 2.28. The fourth-order valence-electron chi connectivity index (χ4n) is 1.86. The maximum Gasteiger partial charge on any atom is 0.305 e. The van der Waals surface area contributed by atoms with Crippen molar-refractivity contribution < 1.29 is 19.4 Å². The number of benzene rings is 1. The summed E-state index contributed by atoms with van der Waals surface area (Å²) < 4.78 is 5.58. The molecule has 0 aliphatic carbocycles. The summed E-state index contributed by atoms with van der Waals surface area (Å²) in [5, 5.41) is 11.5. The summed E-state index contributed by atoms with van der Waals surface area (Å²) in [6, 6.07) is 4.43. The van der Waals surface area contributed by atoms with Crippen LogP contribution in [0.25, 0.3) is 0 Å². The second kappa shape index (κ2) is 4.55. The van der Waals surface area contributed by atoms with Crippen molar-refractivity contribution in [3.05, 3.63) is 23.8 Å². The number of hydrogen-bond donors (Lipinski definition) is 3. The minimum Gasteiger partial charge on any atom is -0.481 e. The second-order valence-corrected chi connectivity index (χ2v) is 5.03. The highest BCUT2D eigenvalue weighted by Crippen LogP contribution is 2.35. The van der Waals surface area contributed by atoms with Gasteiger partial charge in [0.2, 0.25) is 0 Å². The van der Waals surface area contributed by atoms with E-state index in [-0.39, 0.29) is 12.3 Å². The molecule has 1 amide bonds. The summed E-state index contributed by atoms with van der Waals surface area (Å²) >= 11 is 0. The van der Waals surface area contributed by atoms with E-state index in [9.17, 15) is 9.59 Å². The summed E-state index contributed by atoms with van der Waals surface area (Å²) in [6.45, 7) is 3.35. The molecule has 2 rings (SSSR count). The van der Waals surface area contributed by atoms with Crippen LogP contribution in [-0.4, -0.2) is 22.6 Å². The van der Waals surface area contributed by atoms with E-state index in [1.54, 1.807) is 32.0 Å². The lowest BCUT2D eigenvalue weighted by atomic mass is 10.0. The summed E-state index contributed by atoms with van der Waals surface area (Å²) in [6.07, 6.45) is -0.168. The fraction of sp³-hybridized carbons (Fsp3) is 0.385. The van der Waals surface area contributed by atoms with Crippen LogP contribution in [0.4, 0.5) is 5.69 Å². The van der Waals surface area contributed by atoms with E-state index in [1.165, 1.54) is 0 Å². The van der Waals surface area contributed by atoms with Crippen molar-refractivity contribution >= 4 is 17.6 Å². The Morgan fingerprint density at radius 1 is 1.53 bits per heavy atom. The van der Waals surface area contributed by atoms with Crippen LogP contribution in [-0.2, 0) is 9.59 Å². The third-order valence-corrected chi connectivity index (χ3v) is 2.99. The van der Waals surface area contributed by atoms with Crippen LogP contribution in [0, 0.1) is 0 Å². The second-order valence-electron chi connectivity index (χ2n) is 5.03. The molecule has 4 N–H and O–H groups in total. The molecule has 6 heteroatoms.